The Balaban J connectivity index is 1.66. The zero-order valence-electron chi connectivity index (χ0n) is 13.3. The molecule has 120 valence electrons. The van der Waals surface area contributed by atoms with E-state index in [0.717, 1.165) is 29.8 Å². The number of thioether (sulfide) groups is 1. The number of anilines is 1. The maximum Gasteiger partial charge on any atom is 0.280 e. The van der Waals surface area contributed by atoms with E-state index in [4.69, 9.17) is 0 Å². The molecule has 0 aliphatic carbocycles. The highest BCUT2D eigenvalue weighted by atomic mass is 32.2. The Bertz CT molecular complexity index is 789. The largest absolute Gasteiger partial charge is 0.358 e. The average Bonchev–Trinajstić information content (AvgIpc) is 2.95. The molecule has 0 radical (unpaired) electrons. The number of hydrogen-bond donors (Lipinski definition) is 1. The smallest absolute Gasteiger partial charge is 0.280 e. The van der Waals surface area contributed by atoms with Gasteiger partial charge < -0.3 is 9.88 Å². The van der Waals surface area contributed by atoms with E-state index in [-0.39, 0.29) is 11.6 Å². The van der Waals surface area contributed by atoms with Gasteiger partial charge in [0.05, 0.1) is 12.2 Å². The molecule has 0 saturated heterocycles. The van der Waals surface area contributed by atoms with Crippen molar-refractivity contribution in [2.45, 2.75) is 43.4 Å². The van der Waals surface area contributed by atoms with Crippen molar-refractivity contribution in [3.63, 3.8) is 0 Å². The molecule has 2 aromatic rings. The second-order valence-corrected chi connectivity index (χ2v) is 7.64. The fourth-order valence-electron chi connectivity index (χ4n) is 3.30. The lowest BCUT2D eigenvalue weighted by molar-refractivity contribution is 0.206. The minimum Gasteiger partial charge on any atom is -0.358 e. The zero-order chi connectivity index (χ0) is 16.0. The molecule has 2 atom stereocenters. The van der Waals surface area contributed by atoms with Gasteiger partial charge >= 0.3 is 0 Å². The van der Waals surface area contributed by atoms with Gasteiger partial charge in [-0.3, -0.25) is 9.69 Å². The molecule has 4 rings (SSSR count). The highest BCUT2D eigenvalue weighted by Gasteiger charge is 2.30. The lowest BCUT2D eigenvalue weighted by Gasteiger charge is -2.35. The zero-order valence-corrected chi connectivity index (χ0v) is 14.1. The first kappa shape index (κ1) is 14.8. The van der Waals surface area contributed by atoms with Crippen molar-refractivity contribution in [1.29, 1.82) is 0 Å². The molecule has 0 amide bonds. The fraction of sp³-hybridized carbons (Fsp3) is 0.412. The quantitative estimate of drug-likeness (QED) is 0.859. The van der Waals surface area contributed by atoms with Gasteiger partial charge in [0.2, 0.25) is 0 Å². The third kappa shape index (κ3) is 2.56. The van der Waals surface area contributed by atoms with Crippen LogP contribution < -0.4 is 10.9 Å². The number of benzene rings is 1. The van der Waals surface area contributed by atoms with E-state index in [2.05, 4.69) is 57.9 Å². The summed E-state index contributed by atoms with van der Waals surface area (Å²) in [6, 6.07) is 10.7. The molecule has 2 aliphatic heterocycles. The number of nitrogens with one attached hydrogen (secondary N) is 1. The molecule has 6 heteroatoms. The van der Waals surface area contributed by atoms with E-state index in [1.54, 1.807) is 11.8 Å². The van der Waals surface area contributed by atoms with Crippen LogP contribution in [0.15, 0.2) is 40.3 Å². The van der Waals surface area contributed by atoms with Crippen LogP contribution in [0.4, 0.5) is 5.82 Å². The second kappa shape index (κ2) is 5.69. The predicted molar refractivity (Wildman–Crippen MR) is 92.7 cm³/mol. The van der Waals surface area contributed by atoms with E-state index in [1.807, 2.05) is 6.07 Å². The highest BCUT2D eigenvalue weighted by Crippen LogP contribution is 2.35. The molecule has 3 heterocycles. The molecule has 1 aromatic carbocycles. The first-order valence-corrected chi connectivity index (χ1v) is 8.84. The number of nitrogens with zero attached hydrogens (tertiary/aromatic N) is 3. The van der Waals surface area contributed by atoms with Crippen molar-refractivity contribution in [1.82, 2.24) is 14.5 Å². The molecule has 1 aromatic heterocycles. The second-order valence-electron chi connectivity index (χ2n) is 6.23. The summed E-state index contributed by atoms with van der Waals surface area (Å²) in [6.07, 6.45) is 0. The molecule has 23 heavy (non-hydrogen) atoms. The SMILES string of the molecule is C[C@@H]1Cn2c(nc(=O)c3c2NCN([C@H](C)c2ccccc2)C3)S1. The minimum absolute atomic E-state index is 0.0923. The van der Waals surface area contributed by atoms with Crippen LogP contribution in [0.5, 0.6) is 0 Å². The Morgan fingerprint density at radius 1 is 1.35 bits per heavy atom. The van der Waals surface area contributed by atoms with Crippen LogP contribution in [0.25, 0.3) is 0 Å². The third-order valence-corrected chi connectivity index (χ3v) is 5.70. The van der Waals surface area contributed by atoms with Crippen molar-refractivity contribution >= 4 is 17.6 Å². The summed E-state index contributed by atoms with van der Waals surface area (Å²) in [5.41, 5.74) is 1.96. The van der Waals surface area contributed by atoms with Crippen molar-refractivity contribution in [2.75, 3.05) is 12.0 Å². The van der Waals surface area contributed by atoms with Gasteiger partial charge in [-0.2, -0.15) is 4.98 Å². The van der Waals surface area contributed by atoms with E-state index >= 15 is 0 Å². The lowest BCUT2D eigenvalue weighted by atomic mass is 10.1. The number of hydrogen-bond acceptors (Lipinski definition) is 5. The van der Waals surface area contributed by atoms with Gasteiger partial charge in [0, 0.05) is 24.4 Å². The van der Waals surface area contributed by atoms with Gasteiger partial charge in [-0.15, -0.1) is 0 Å². The predicted octanol–water partition coefficient (Wildman–Crippen LogP) is 2.68. The fourth-order valence-corrected chi connectivity index (χ4v) is 4.32. The Morgan fingerprint density at radius 3 is 2.91 bits per heavy atom. The molecule has 1 N–H and O–H groups in total. The van der Waals surface area contributed by atoms with Crippen molar-refractivity contribution in [3.05, 3.63) is 51.8 Å². The Hall–Kier alpha value is -1.79. The normalized spacial score (nSPS) is 21.4. The molecular formula is C17H20N4OS. The summed E-state index contributed by atoms with van der Waals surface area (Å²) < 4.78 is 2.16. The van der Waals surface area contributed by atoms with Crippen LogP contribution in [0, 0.1) is 0 Å². The summed E-state index contributed by atoms with van der Waals surface area (Å²) in [4.78, 5) is 19.0. The maximum atomic E-state index is 12.4. The standard InChI is InChI=1S/C17H20N4OS/c1-11-8-21-15-14(16(22)19-17(21)23-11)9-20(10-18-15)12(2)13-6-4-3-5-7-13/h3-7,11-12,18H,8-10H2,1-2H3/t11-,12-/m1/s1. The highest BCUT2D eigenvalue weighted by molar-refractivity contribution is 7.99. The maximum absolute atomic E-state index is 12.4. The van der Waals surface area contributed by atoms with Crippen LogP contribution in [-0.2, 0) is 13.1 Å². The van der Waals surface area contributed by atoms with E-state index in [1.165, 1.54) is 5.56 Å². The van der Waals surface area contributed by atoms with Gasteiger partial charge in [-0.05, 0) is 12.5 Å². The molecule has 2 aliphatic rings. The van der Waals surface area contributed by atoms with E-state index in [0.29, 0.717) is 11.8 Å². The van der Waals surface area contributed by atoms with Crippen LogP contribution >= 0.6 is 11.8 Å². The number of rotatable bonds is 2. The summed E-state index contributed by atoms with van der Waals surface area (Å²) >= 11 is 1.68. The molecule has 0 unspecified atom stereocenters. The van der Waals surface area contributed by atoms with Gasteiger partial charge in [-0.1, -0.05) is 49.0 Å². The van der Waals surface area contributed by atoms with E-state index < -0.39 is 0 Å². The van der Waals surface area contributed by atoms with Crippen LogP contribution in [0.3, 0.4) is 0 Å². The molecule has 0 saturated carbocycles. The monoisotopic (exact) mass is 328 g/mol. The number of fused-ring (bicyclic) bond motifs is 3. The molecule has 0 fully saturated rings. The first-order valence-electron chi connectivity index (χ1n) is 7.96. The van der Waals surface area contributed by atoms with Crippen molar-refractivity contribution in [3.8, 4) is 0 Å². The van der Waals surface area contributed by atoms with Gasteiger partial charge in [-0.25, -0.2) is 0 Å². The topological polar surface area (TPSA) is 50.2 Å². The molecule has 5 nitrogen and oxygen atoms in total. The molecular weight excluding hydrogens is 308 g/mol. The number of aromatic nitrogens is 2. The first-order chi connectivity index (χ1) is 11.1. The van der Waals surface area contributed by atoms with Gasteiger partial charge in [0.15, 0.2) is 5.16 Å². The van der Waals surface area contributed by atoms with Crippen LogP contribution in [0.1, 0.15) is 31.0 Å². The van der Waals surface area contributed by atoms with Gasteiger partial charge in [0.25, 0.3) is 5.56 Å². The molecule has 0 bridgehead atoms. The summed E-state index contributed by atoms with van der Waals surface area (Å²) in [6.45, 7) is 6.65. The summed E-state index contributed by atoms with van der Waals surface area (Å²) in [5.74, 6) is 0.966. The van der Waals surface area contributed by atoms with Crippen LogP contribution in [0.2, 0.25) is 0 Å². The third-order valence-electron chi connectivity index (χ3n) is 4.63. The van der Waals surface area contributed by atoms with Crippen molar-refractivity contribution < 1.29 is 0 Å². The van der Waals surface area contributed by atoms with E-state index in [9.17, 15) is 4.79 Å². The average molecular weight is 328 g/mol. The van der Waals surface area contributed by atoms with Crippen LogP contribution in [-0.4, -0.2) is 26.4 Å². The Labute approximate surface area is 139 Å². The summed E-state index contributed by atoms with van der Waals surface area (Å²) in [5, 5.41) is 4.78. The molecule has 0 spiro atoms. The minimum atomic E-state index is -0.0923. The van der Waals surface area contributed by atoms with Crippen molar-refractivity contribution in [2.24, 2.45) is 0 Å². The Kier molecular flexibility index (Phi) is 3.66. The Morgan fingerprint density at radius 2 is 2.13 bits per heavy atom. The summed E-state index contributed by atoms with van der Waals surface area (Å²) in [7, 11) is 0. The lowest BCUT2D eigenvalue weighted by Crippen LogP contribution is -2.40. The van der Waals surface area contributed by atoms with Gasteiger partial charge in [0.1, 0.15) is 5.82 Å².